The van der Waals surface area contributed by atoms with Gasteiger partial charge in [0.1, 0.15) is 0 Å². The fourth-order valence-corrected chi connectivity index (χ4v) is 4.08. The van der Waals surface area contributed by atoms with Gasteiger partial charge in [0.2, 0.25) is 11.8 Å². The fraction of sp³-hybridized carbons (Fsp3) is 0. The van der Waals surface area contributed by atoms with Crippen molar-refractivity contribution in [2.45, 2.75) is 4.90 Å². The third kappa shape index (κ3) is 2.78. The Hall–Kier alpha value is -3.57. The Morgan fingerprint density at radius 3 is 2.03 bits per heavy atom. The highest BCUT2D eigenvalue weighted by Gasteiger charge is 2.27. The normalized spacial score (nSPS) is 11.8. The van der Waals surface area contributed by atoms with Crippen LogP contribution in [0.1, 0.15) is 20.7 Å². The van der Waals surface area contributed by atoms with Gasteiger partial charge in [-0.3, -0.25) is 9.59 Å². The summed E-state index contributed by atoms with van der Waals surface area (Å²) in [7, 11) is 0. The number of carbonyl (C=O) groups excluding carboxylic acids is 2. The van der Waals surface area contributed by atoms with Gasteiger partial charge in [-0.05, 0) is 47.9 Å². The fourth-order valence-electron chi connectivity index (χ4n) is 3.69. The van der Waals surface area contributed by atoms with Crippen molar-refractivity contribution in [3.8, 4) is 22.5 Å². The highest BCUT2D eigenvalue weighted by Crippen LogP contribution is 2.47. The minimum atomic E-state index is -0.596. The number of nitrogens with zero attached hydrogens (tertiary/aromatic N) is 2. The molecule has 0 saturated heterocycles. The predicted octanol–water partition coefficient (Wildman–Crippen LogP) is 3.06. The molecule has 4 aromatic rings. The molecule has 3 aromatic carbocycles. The van der Waals surface area contributed by atoms with Gasteiger partial charge < -0.3 is 11.5 Å². The van der Waals surface area contributed by atoms with Gasteiger partial charge in [-0.15, -0.1) is 4.33 Å². The van der Waals surface area contributed by atoms with Crippen LogP contribution in [0.4, 0.5) is 0 Å². The minimum Gasteiger partial charge on any atom is -0.366 e. The van der Waals surface area contributed by atoms with E-state index in [-0.39, 0.29) is 5.56 Å². The maximum atomic E-state index is 11.9. The molecule has 30 heavy (non-hydrogen) atoms. The van der Waals surface area contributed by atoms with Gasteiger partial charge in [0.25, 0.3) is 0 Å². The molecule has 0 aliphatic heterocycles. The molecule has 0 saturated carbocycles. The molecular formula is C20H12N4O5S. The molecule has 5 rings (SSSR count). The number of fused-ring (bicyclic) bond motifs is 4. The molecule has 9 nitrogen and oxygen atoms in total. The highest BCUT2D eigenvalue weighted by molar-refractivity contribution is 7.94. The van der Waals surface area contributed by atoms with Crippen molar-refractivity contribution in [3.63, 3.8) is 0 Å². The maximum absolute atomic E-state index is 11.9. The Bertz CT molecular complexity index is 1400. The monoisotopic (exact) mass is 420 g/mol. The van der Waals surface area contributed by atoms with E-state index in [0.717, 1.165) is 17.4 Å². The largest absolute Gasteiger partial charge is 0.366 e. The van der Waals surface area contributed by atoms with E-state index in [0.29, 0.717) is 49.4 Å². The second kappa shape index (κ2) is 6.75. The zero-order valence-corrected chi connectivity index (χ0v) is 15.9. The van der Waals surface area contributed by atoms with E-state index in [2.05, 4.69) is 9.37 Å². The molecule has 1 aliphatic rings. The summed E-state index contributed by atoms with van der Waals surface area (Å²) in [5, 5.41) is 13.4. The van der Waals surface area contributed by atoms with E-state index in [1.807, 2.05) is 0 Å². The van der Waals surface area contributed by atoms with E-state index in [9.17, 15) is 9.59 Å². The lowest BCUT2D eigenvalue weighted by molar-refractivity contribution is -0.432. The summed E-state index contributed by atoms with van der Waals surface area (Å²) in [5.74, 6) is -1.18. The number of nitrogens with two attached hydrogens (primary N) is 2. The van der Waals surface area contributed by atoms with Crippen LogP contribution in [0.15, 0.2) is 47.4 Å². The summed E-state index contributed by atoms with van der Waals surface area (Å²) in [6, 6.07) is 11.8. The topological polar surface area (TPSA) is 151 Å². The lowest BCUT2D eigenvalue weighted by Gasteiger charge is -2.06. The number of amides is 2. The van der Waals surface area contributed by atoms with Crippen molar-refractivity contribution in [1.29, 1.82) is 0 Å². The number of aromatic nitrogens is 2. The number of benzene rings is 3. The van der Waals surface area contributed by atoms with Crippen LogP contribution in [0.2, 0.25) is 0 Å². The van der Waals surface area contributed by atoms with Crippen LogP contribution in [-0.2, 0) is 9.37 Å². The molecular weight excluding hydrogens is 408 g/mol. The number of carbonyl (C=O) groups is 2. The first-order valence-electron chi connectivity index (χ1n) is 8.65. The van der Waals surface area contributed by atoms with Crippen molar-refractivity contribution in [2.75, 3.05) is 0 Å². The molecule has 0 radical (unpaired) electrons. The van der Waals surface area contributed by atoms with Crippen LogP contribution in [0, 0.1) is 0 Å². The lowest BCUT2D eigenvalue weighted by Crippen LogP contribution is -2.12. The summed E-state index contributed by atoms with van der Waals surface area (Å²) < 4.78 is 4.46. The van der Waals surface area contributed by atoms with Gasteiger partial charge in [0.15, 0.2) is 0 Å². The molecule has 0 fully saturated rings. The Labute approximate surface area is 172 Å². The van der Waals surface area contributed by atoms with Gasteiger partial charge in [-0.25, -0.2) is 15.2 Å². The Morgan fingerprint density at radius 1 is 0.867 bits per heavy atom. The molecule has 1 aliphatic carbocycles. The van der Waals surface area contributed by atoms with E-state index < -0.39 is 11.8 Å². The zero-order valence-electron chi connectivity index (χ0n) is 15.1. The molecule has 10 heteroatoms. The summed E-state index contributed by atoms with van der Waals surface area (Å²) in [6.07, 6.45) is 0. The third-order valence-electron chi connectivity index (χ3n) is 4.92. The molecule has 0 atom stereocenters. The van der Waals surface area contributed by atoms with E-state index in [1.165, 1.54) is 0 Å². The van der Waals surface area contributed by atoms with Gasteiger partial charge in [-0.1, -0.05) is 5.04 Å². The molecule has 0 bridgehead atoms. The van der Waals surface area contributed by atoms with Crippen molar-refractivity contribution in [3.05, 3.63) is 53.6 Å². The zero-order chi connectivity index (χ0) is 21.0. The van der Waals surface area contributed by atoms with Crippen molar-refractivity contribution in [1.82, 2.24) is 9.97 Å². The highest BCUT2D eigenvalue weighted by atomic mass is 32.2. The number of primary amides is 2. The molecule has 5 N–H and O–H groups in total. The van der Waals surface area contributed by atoms with Crippen LogP contribution in [0.3, 0.4) is 0 Å². The van der Waals surface area contributed by atoms with Crippen molar-refractivity contribution < 1.29 is 24.2 Å². The van der Waals surface area contributed by atoms with Gasteiger partial charge in [0, 0.05) is 32.5 Å². The molecule has 148 valence electrons. The number of hydrogen-bond donors (Lipinski definition) is 3. The second-order valence-corrected chi connectivity index (χ2v) is 7.45. The average Bonchev–Trinajstić information content (AvgIpc) is 3.04. The second-order valence-electron chi connectivity index (χ2n) is 6.67. The number of hydrogen-bond acceptors (Lipinski definition) is 8. The molecule has 0 unspecified atom stereocenters. The van der Waals surface area contributed by atoms with Gasteiger partial charge in [-0.2, -0.15) is 0 Å². The van der Waals surface area contributed by atoms with E-state index in [4.69, 9.17) is 26.7 Å². The van der Waals surface area contributed by atoms with Crippen LogP contribution in [-0.4, -0.2) is 27.0 Å². The Kier molecular flexibility index (Phi) is 4.15. The SMILES string of the molecule is NC(=O)c1cc2c3c(cc(C(N)=O)cc3c1)-c1nc3cc(SOOO)ccc3nc1-2. The third-order valence-corrected chi connectivity index (χ3v) is 5.50. The summed E-state index contributed by atoms with van der Waals surface area (Å²) in [5.41, 5.74) is 15.3. The predicted molar refractivity (Wildman–Crippen MR) is 109 cm³/mol. The first-order valence-corrected chi connectivity index (χ1v) is 9.39. The standard InChI is InChI=1S/C20H12N4O5S/c21-19(25)9-3-8-4-10(20(22)26)6-13-16(8)12(5-9)17-18(13)24-15-7-11(30-29-28-27)1-2-14(15)23-17/h1-7,27H,(H2,21,25)(H2,22,26). The van der Waals surface area contributed by atoms with Crippen molar-refractivity contribution in [2.24, 2.45) is 11.5 Å². The van der Waals surface area contributed by atoms with E-state index >= 15 is 0 Å². The summed E-state index contributed by atoms with van der Waals surface area (Å²) >= 11 is 0.809. The molecule has 0 spiro atoms. The van der Waals surface area contributed by atoms with Crippen molar-refractivity contribution >= 4 is 45.7 Å². The smallest absolute Gasteiger partial charge is 0.248 e. The van der Waals surface area contributed by atoms with E-state index in [1.54, 1.807) is 42.5 Å². The Balaban J connectivity index is 1.81. The molecule has 1 aromatic heterocycles. The lowest BCUT2D eigenvalue weighted by atomic mass is 9.98. The summed E-state index contributed by atoms with van der Waals surface area (Å²) in [6.45, 7) is 0. The van der Waals surface area contributed by atoms with Gasteiger partial charge in [0.05, 0.1) is 34.5 Å². The minimum absolute atomic E-state index is 0.289. The quantitative estimate of drug-likeness (QED) is 0.223. The Morgan fingerprint density at radius 2 is 1.47 bits per heavy atom. The molecule has 2 amide bonds. The van der Waals surface area contributed by atoms with Crippen LogP contribution in [0.5, 0.6) is 0 Å². The van der Waals surface area contributed by atoms with Crippen LogP contribution in [0.25, 0.3) is 44.3 Å². The first-order chi connectivity index (χ1) is 14.5. The average molecular weight is 420 g/mol. The van der Waals surface area contributed by atoms with Crippen LogP contribution < -0.4 is 11.5 Å². The summed E-state index contributed by atoms with van der Waals surface area (Å²) in [4.78, 5) is 33.8. The molecule has 1 heterocycles. The maximum Gasteiger partial charge on any atom is 0.248 e. The number of rotatable bonds is 5. The van der Waals surface area contributed by atoms with Crippen LogP contribution >= 0.6 is 12.0 Å². The van der Waals surface area contributed by atoms with Gasteiger partial charge >= 0.3 is 0 Å². The first kappa shape index (κ1) is 18.5.